The number of likely N-dealkylation sites (tertiary alicyclic amines) is 1. The van der Waals surface area contributed by atoms with Gasteiger partial charge in [-0.25, -0.2) is 0 Å². The largest absolute Gasteiger partial charge is 0.342 e. The van der Waals surface area contributed by atoms with E-state index < -0.39 is 0 Å². The molecule has 0 aliphatic carbocycles. The fourth-order valence-electron chi connectivity index (χ4n) is 2.72. The lowest BCUT2D eigenvalue weighted by Gasteiger charge is -2.37. The Morgan fingerprint density at radius 3 is 2.37 bits per heavy atom. The van der Waals surface area contributed by atoms with Crippen molar-refractivity contribution in [2.75, 3.05) is 13.1 Å². The summed E-state index contributed by atoms with van der Waals surface area (Å²) in [5.74, 6) is 0.296. The first-order valence-corrected chi connectivity index (χ1v) is 7.90. The smallest absolute Gasteiger partial charge is 0.227 e. The van der Waals surface area contributed by atoms with Crippen molar-refractivity contribution in [3.05, 3.63) is 0 Å². The highest BCUT2D eigenvalue weighted by Gasteiger charge is 2.30. The Labute approximate surface area is 119 Å². The topological polar surface area (TPSA) is 32.3 Å². The van der Waals surface area contributed by atoms with E-state index in [0.29, 0.717) is 18.0 Å². The molecule has 0 aromatic carbocycles. The van der Waals surface area contributed by atoms with Crippen molar-refractivity contribution in [3.63, 3.8) is 0 Å². The molecule has 1 unspecified atom stereocenters. The van der Waals surface area contributed by atoms with Gasteiger partial charge in [-0.3, -0.25) is 4.79 Å². The van der Waals surface area contributed by atoms with E-state index in [2.05, 4.69) is 19.2 Å². The lowest BCUT2D eigenvalue weighted by Crippen LogP contribution is -2.49. The van der Waals surface area contributed by atoms with Gasteiger partial charge in [0.1, 0.15) is 0 Å². The predicted octanol–water partition coefficient (Wildman–Crippen LogP) is 3.19. The van der Waals surface area contributed by atoms with Crippen LogP contribution in [-0.4, -0.2) is 36.0 Å². The second-order valence-electron chi connectivity index (χ2n) is 7.03. The van der Waals surface area contributed by atoms with E-state index in [1.54, 1.807) is 0 Å². The summed E-state index contributed by atoms with van der Waals surface area (Å²) in [5.41, 5.74) is -0.241. The van der Waals surface area contributed by atoms with Gasteiger partial charge in [0, 0.05) is 30.6 Å². The normalized spacial score (nSPS) is 19.5. The molecule has 112 valence electrons. The van der Waals surface area contributed by atoms with Crippen LogP contribution in [0.1, 0.15) is 66.7 Å². The molecule has 1 heterocycles. The van der Waals surface area contributed by atoms with Gasteiger partial charge in [-0.05, 0) is 26.2 Å². The average Bonchev–Trinajstić information content (AvgIpc) is 2.35. The van der Waals surface area contributed by atoms with Gasteiger partial charge in [-0.2, -0.15) is 0 Å². The number of nitrogens with one attached hydrogen (secondary N) is 1. The number of carbonyl (C=O) groups is 1. The quantitative estimate of drug-likeness (QED) is 0.830. The molecule has 0 aromatic heterocycles. The Hall–Kier alpha value is -0.570. The van der Waals surface area contributed by atoms with Gasteiger partial charge >= 0.3 is 0 Å². The van der Waals surface area contributed by atoms with Crippen LogP contribution >= 0.6 is 0 Å². The summed E-state index contributed by atoms with van der Waals surface area (Å²) >= 11 is 0. The Morgan fingerprint density at radius 1 is 1.32 bits per heavy atom. The number of hydrogen-bond donors (Lipinski definition) is 1. The van der Waals surface area contributed by atoms with Gasteiger partial charge in [-0.15, -0.1) is 0 Å². The maximum absolute atomic E-state index is 12.2. The van der Waals surface area contributed by atoms with Crippen molar-refractivity contribution in [1.29, 1.82) is 0 Å². The minimum Gasteiger partial charge on any atom is -0.342 e. The molecule has 1 fully saturated rings. The molecule has 1 saturated heterocycles. The van der Waals surface area contributed by atoms with E-state index >= 15 is 0 Å². The monoisotopic (exact) mass is 268 g/mol. The zero-order valence-corrected chi connectivity index (χ0v) is 13.5. The Morgan fingerprint density at radius 2 is 1.89 bits per heavy atom. The Balaban J connectivity index is 2.31. The van der Waals surface area contributed by atoms with Crippen LogP contribution < -0.4 is 5.32 Å². The SMILES string of the molecule is CCCCC(C)NC1CCN(C(=O)C(C)(C)C)CC1. The third-order valence-electron chi connectivity index (χ3n) is 3.93. The minimum atomic E-state index is -0.241. The number of rotatable bonds is 5. The summed E-state index contributed by atoms with van der Waals surface area (Å²) in [7, 11) is 0. The predicted molar refractivity (Wildman–Crippen MR) is 81.2 cm³/mol. The zero-order valence-electron chi connectivity index (χ0n) is 13.5. The zero-order chi connectivity index (χ0) is 14.5. The third-order valence-corrected chi connectivity index (χ3v) is 3.93. The summed E-state index contributed by atoms with van der Waals surface area (Å²) in [6, 6.07) is 1.20. The van der Waals surface area contributed by atoms with Gasteiger partial charge in [0.2, 0.25) is 5.91 Å². The molecular formula is C16H32N2O. The number of nitrogens with zero attached hydrogens (tertiary/aromatic N) is 1. The first kappa shape index (κ1) is 16.5. The number of piperidine rings is 1. The average molecular weight is 268 g/mol. The molecule has 0 bridgehead atoms. The number of carbonyl (C=O) groups excluding carboxylic acids is 1. The molecule has 1 N–H and O–H groups in total. The van der Waals surface area contributed by atoms with E-state index in [4.69, 9.17) is 0 Å². The van der Waals surface area contributed by atoms with Crippen molar-refractivity contribution >= 4 is 5.91 Å². The second kappa shape index (κ2) is 7.28. The molecule has 1 amide bonds. The van der Waals surface area contributed by atoms with Crippen molar-refractivity contribution in [3.8, 4) is 0 Å². The summed E-state index contributed by atoms with van der Waals surface area (Å²) < 4.78 is 0. The second-order valence-corrected chi connectivity index (χ2v) is 7.03. The molecule has 1 aliphatic heterocycles. The highest BCUT2D eigenvalue weighted by Crippen LogP contribution is 2.21. The Kier molecular flexibility index (Phi) is 6.31. The van der Waals surface area contributed by atoms with E-state index in [-0.39, 0.29) is 5.41 Å². The number of unbranched alkanes of at least 4 members (excludes halogenated alkanes) is 1. The molecule has 1 rings (SSSR count). The van der Waals surface area contributed by atoms with Crippen LogP contribution in [0, 0.1) is 5.41 Å². The molecule has 1 aliphatic rings. The van der Waals surface area contributed by atoms with Gasteiger partial charge < -0.3 is 10.2 Å². The van der Waals surface area contributed by atoms with Crippen LogP contribution in [0.2, 0.25) is 0 Å². The van der Waals surface area contributed by atoms with Crippen LogP contribution in [0.25, 0.3) is 0 Å². The summed E-state index contributed by atoms with van der Waals surface area (Å²) in [4.78, 5) is 14.2. The molecular weight excluding hydrogens is 236 g/mol. The van der Waals surface area contributed by atoms with Crippen molar-refractivity contribution in [1.82, 2.24) is 10.2 Å². The maximum atomic E-state index is 12.2. The van der Waals surface area contributed by atoms with Crippen LogP contribution in [0.5, 0.6) is 0 Å². The summed E-state index contributed by atoms with van der Waals surface area (Å²) in [5, 5.41) is 3.71. The van der Waals surface area contributed by atoms with Gasteiger partial charge in [-0.1, -0.05) is 40.5 Å². The van der Waals surface area contributed by atoms with E-state index in [1.807, 2.05) is 25.7 Å². The molecule has 19 heavy (non-hydrogen) atoms. The van der Waals surface area contributed by atoms with Gasteiger partial charge in [0.15, 0.2) is 0 Å². The fraction of sp³-hybridized carbons (Fsp3) is 0.938. The molecule has 3 heteroatoms. The first-order valence-electron chi connectivity index (χ1n) is 7.90. The van der Waals surface area contributed by atoms with E-state index in [9.17, 15) is 4.79 Å². The molecule has 1 atom stereocenters. The summed E-state index contributed by atoms with van der Waals surface area (Å²) in [6.45, 7) is 12.4. The first-order chi connectivity index (χ1) is 8.84. The van der Waals surface area contributed by atoms with Crippen molar-refractivity contribution < 1.29 is 4.79 Å². The van der Waals surface area contributed by atoms with Crippen LogP contribution in [0.15, 0.2) is 0 Å². The van der Waals surface area contributed by atoms with Gasteiger partial charge in [0.05, 0.1) is 0 Å². The van der Waals surface area contributed by atoms with Crippen LogP contribution in [0.4, 0.5) is 0 Å². The van der Waals surface area contributed by atoms with Crippen LogP contribution in [0.3, 0.4) is 0 Å². The Bertz CT molecular complexity index is 275. The molecule has 0 radical (unpaired) electrons. The maximum Gasteiger partial charge on any atom is 0.227 e. The van der Waals surface area contributed by atoms with E-state index in [0.717, 1.165) is 25.9 Å². The highest BCUT2D eigenvalue weighted by atomic mass is 16.2. The molecule has 0 spiro atoms. The molecule has 3 nitrogen and oxygen atoms in total. The standard InChI is InChI=1S/C16H32N2O/c1-6-7-8-13(2)17-14-9-11-18(12-10-14)15(19)16(3,4)5/h13-14,17H,6-12H2,1-5H3. The number of hydrogen-bond acceptors (Lipinski definition) is 2. The van der Waals surface area contributed by atoms with E-state index in [1.165, 1.54) is 19.3 Å². The van der Waals surface area contributed by atoms with Gasteiger partial charge in [0.25, 0.3) is 0 Å². The highest BCUT2D eigenvalue weighted by molar-refractivity contribution is 5.81. The lowest BCUT2D eigenvalue weighted by atomic mass is 9.93. The third kappa shape index (κ3) is 5.52. The minimum absolute atomic E-state index is 0.241. The van der Waals surface area contributed by atoms with Crippen molar-refractivity contribution in [2.45, 2.75) is 78.8 Å². The lowest BCUT2D eigenvalue weighted by molar-refractivity contribution is -0.140. The molecule has 0 aromatic rings. The summed E-state index contributed by atoms with van der Waals surface area (Å²) in [6.07, 6.45) is 6.02. The van der Waals surface area contributed by atoms with Crippen LogP contribution in [-0.2, 0) is 4.79 Å². The van der Waals surface area contributed by atoms with Crippen molar-refractivity contribution in [2.24, 2.45) is 5.41 Å². The fourth-order valence-corrected chi connectivity index (χ4v) is 2.72. The number of amides is 1. The molecule has 0 saturated carbocycles.